The normalized spacial score (nSPS) is 17.4. The van der Waals surface area contributed by atoms with Gasteiger partial charge in [-0.05, 0) is 52.0 Å². The molecule has 4 aliphatic rings. The number of carbonyl (C=O) groups is 4. The highest BCUT2D eigenvalue weighted by molar-refractivity contribution is 6.05. The number of rotatable bonds is 12. The molecule has 56 heavy (non-hydrogen) atoms. The molecule has 2 aromatic carbocycles. The van der Waals surface area contributed by atoms with Gasteiger partial charge < -0.3 is 57.5 Å². The zero-order valence-corrected chi connectivity index (χ0v) is 33.1. The number of benzene rings is 2. The molecule has 0 aliphatic carbocycles. The summed E-state index contributed by atoms with van der Waals surface area (Å²) in [5.41, 5.74) is 4.56. The average molecular weight is 785 g/mol. The number of carbonyl (C=O) groups excluding carboxylic acids is 4. The van der Waals surface area contributed by atoms with Gasteiger partial charge >= 0.3 is 23.9 Å². The Kier molecular flexibility index (Phi) is 16.4. The van der Waals surface area contributed by atoms with E-state index < -0.39 is 23.9 Å². The molecule has 0 unspecified atom stereocenters. The molecule has 4 saturated heterocycles. The Bertz CT molecular complexity index is 1390. The van der Waals surface area contributed by atoms with E-state index in [1.54, 1.807) is 52.0 Å². The Balaban J connectivity index is 0.000000214. The summed E-state index contributed by atoms with van der Waals surface area (Å²) in [5.74, 6) is -1.58. The molecule has 4 aliphatic heterocycles. The van der Waals surface area contributed by atoms with Crippen LogP contribution in [0.5, 0.6) is 0 Å². The predicted molar refractivity (Wildman–Crippen MR) is 209 cm³/mol. The van der Waals surface area contributed by atoms with E-state index in [9.17, 15) is 19.2 Å². The first-order valence-corrected chi connectivity index (χ1v) is 19.7. The number of hydrogen-bond donors (Lipinski definition) is 0. The third kappa shape index (κ3) is 10.8. The second-order valence-corrected chi connectivity index (χ2v) is 13.1. The van der Waals surface area contributed by atoms with Crippen molar-refractivity contribution in [1.82, 2.24) is 0 Å². The van der Waals surface area contributed by atoms with E-state index in [0.717, 1.165) is 0 Å². The van der Waals surface area contributed by atoms with Gasteiger partial charge in [0.1, 0.15) is 0 Å². The van der Waals surface area contributed by atoms with Gasteiger partial charge in [-0.25, -0.2) is 19.2 Å². The third-order valence-corrected chi connectivity index (χ3v) is 9.62. The molecule has 16 nitrogen and oxygen atoms in total. The van der Waals surface area contributed by atoms with Gasteiger partial charge in [-0.15, -0.1) is 0 Å². The Morgan fingerprint density at radius 1 is 0.393 bits per heavy atom. The van der Waals surface area contributed by atoms with Crippen molar-refractivity contribution in [1.29, 1.82) is 0 Å². The fourth-order valence-electron chi connectivity index (χ4n) is 6.91. The van der Waals surface area contributed by atoms with Gasteiger partial charge in [0.25, 0.3) is 0 Å². The number of hydrogen-bond acceptors (Lipinski definition) is 16. The zero-order valence-electron chi connectivity index (χ0n) is 33.1. The van der Waals surface area contributed by atoms with Crippen LogP contribution in [0.1, 0.15) is 69.1 Å². The summed E-state index contributed by atoms with van der Waals surface area (Å²) in [5, 5.41) is 0. The van der Waals surface area contributed by atoms with Crippen LogP contribution in [-0.2, 0) is 37.9 Å². The van der Waals surface area contributed by atoms with Gasteiger partial charge in [0.2, 0.25) is 0 Å². The van der Waals surface area contributed by atoms with Crippen molar-refractivity contribution in [2.45, 2.75) is 27.7 Å². The Morgan fingerprint density at radius 3 is 0.732 bits per heavy atom. The highest BCUT2D eigenvalue weighted by atomic mass is 16.5. The second-order valence-electron chi connectivity index (χ2n) is 13.1. The van der Waals surface area contributed by atoms with Crippen LogP contribution in [0.2, 0.25) is 0 Å². The van der Waals surface area contributed by atoms with Crippen molar-refractivity contribution < 1.29 is 57.1 Å². The number of morpholine rings is 4. The maximum atomic E-state index is 12.7. The summed E-state index contributed by atoms with van der Waals surface area (Å²) < 4.78 is 42.9. The average Bonchev–Trinajstić information content (AvgIpc) is 3.24. The maximum absolute atomic E-state index is 12.7. The fourth-order valence-corrected chi connectivity index (χ4v) is 6.91. The van der Waals surface area contributed by atoms with Crippen LogP contribution in [0.15, 0.2) is 24.3 Å². The van der Waals surface area contributed by atoms with Crippen LogP contribution >= 0.6 is 0 Å². The lowest BCUT2D eigenvalue weighted by atomic mass is 10.0. The van der Waals surface area contributed by atoms with Crippen LogP contribution in [-0.4, -0.2) is 156 Å². The molecule has 4 fully saturated rings. The number of anilines is 4. The third-order valence-electron chi connectivity index (χ3n) is 9.62. The Morgan fingerprint density at radius 2 is 0.571 bits per heavy atom. The minimum atomic E-state index is -0.395. The van der Waals surface area contributed by atoms with Crippen LogP contribution in [0.4, 0.5) is 22.7 Å². The molecule has 0 N–H and O–H groups in total. The minimum Gasteiger partial charge on any atom is -0.462 e. The molecular weight excluding hydrogens is 728 g/mol. The number of esters is 4. The number of ether oxygens (including phenoxy) is 8. The topological polar surface area (TPSA) is 155 Å². The largest absolute Gasteiger partial charge is 0.462 e. The second kappa shape index (κ2) is 21.6. The van der Waals surface area contributed by atoms with E-state index in [0.29, 0.717) is 150 Å². The molecule has 0 saturated carbocycles. The molecule has 0 bridgehead atoms. The fraction of sp³-hybridized carbons (Fsp3) is 0.600. The van der Waals surface area contributed by atoms with Crippen LogP contribution in [0.3, 0.4) is 0 Å². The highest BCUT2D eigenvalue weighted by Crippen LogP contribution is 2.35. The van der Waals surface area contributed by atoms with Crippen LogP contribution in [0.25, 0.3) is 0 Å². The van der Waals surface area contributed by atoms with Crippen LogP contribution in [0, 0.1) is 0 Å². The highest BCUT2D eigenvalue weighted by Gasteiger charge is 2.30. The van der Waals surface area contributed by atoms with E-state index in [1.807, 2.05) is 0 Å². The standard InChI is InChI=1S/2C20H28N2O6/c2*1-3-27-19(23)15-13-18(22-7-11-26-12-8-22)16(20(24)28-4-2)14-17(15)21-5-9-25-10-6-21/h2*13-14H,3-12H2,1-2H3. The van der Waals surface area contributed by atoms with E-state index in [2.05, 4.69) is 19.6 Å². The first-order valence-electron chi connectivity index (χ1n) is 19.7. The molecule has 16 heteroatoms. The van der Waals surface area contributed by atoms with Gasteiger partial charge in [0, 0.05) is 52.4 Å². The van der Waals surface area contributed by atoms with Gasteiger partial charge in [-0.1, -0.05) is 0 Å². The monoisotopic (exact) mass is 784 g/mol. The molecular formula is C40H56N4O12. The van der Waals surface area contributed by atoms with Gasteiger partial charge in [0.05, 0.1) is 124 Å². The predicted octanol–water partition coefficient (Wildman–Crippen LogP) is 3.43. The summed E-state index contributed by atoms with van der Waals surface area (Å²) in [6, 6.07) is 7.06. The summed E-state index contributed by atoms with van der Waals surface area (Å²) >= 11 is 0. The molecule has 0 radical (unpaired) electrons. The zero-order chi connectivity index (χ0) is 39.9. The summed E-state index contributed by atoms with van der Waals surface area (Å²) in [6.07, 6.45) is 0. The molecule has 0 atom stereocenters. The SMILES string of the molecule is CCOC(=O)c1cc(N2CCOCC2)c(C(=O)OCC)cc1N1CCOCC1.CCOC(=O)c1cc(N2CCOCC2)c(C(=O)OCC)cc1N1CCOCC1. The molecule has 308 valence electrons. The summed E-state index contributed by atoms with van der Waals surface area (Å²) in [7, 11) is 0. The van der Waals surface area contributed by atoms with E-state index in [4.69, 9.17) is 37.9 Å². The lowest BCUT2D eigenvalue weighted by Gasteiger charge is -2.34. The van der Waals surface area contributed by atoms with Gasteiger partial charge in [-0.2, -0.15) is 0 Å². The molecule has 0 amide bonds. The molecule has 2 aromatic rings. The van der Waals surface area contributed by atoms with Crippen LogP contribution < -0.4 is 19.6 Å². The number of nitrogens with zero attached hydrogens (tertiary/aromatic N) is 4. The molecule has 0 spiro atoms. The van der Waals surface area contributed by atoms with Crippen molar-refractivity contribution in [2.75, 3.05) is 151 Å². The summed E-state index contributed by atoms with van der Waals surface area (Å²) in [6.45, 7) is 18.0. The molecule has 6 rings (SSSR count). The Hall–Kier alpha value is -4.64. The smallest absolute Gasteiger partial charge is 0.340 e. The van der Waals surface area contributed by atoms with Crippen molar-refractivity contribution in [2.24, 2.45) is 0 Å². The van der Waals surface area contributed by atoms with E-state index >= 15 is 0 Å². The lowest BCUT2D eigenvalue weighted by molar-refractivity contribution is 0.0511. The molecule has 4 heterocycles. The first kappa shape index (κ1) is 42.5. The van der Waals surface area contributed by atoms with E-state index in [1.165, 1.54) is 0 Å². The lowest BCUT2D eigenvalue weighted by Crippen LogP contribution is -2.39. The minimum absolute atomic E-state index is 0.286. The van der Waals surface area contributed by atoms with Crippen molar-refractivity contribution in [3.05, 3.63) is 46.5 Å². The molecule has 0 aromatic heterocycles. The van der Waals surface area contributed by atoms with Crippen molar-refractivity contribution >= 4 is 46.6 Å². The van der Waals surface area contributed by atoms with Gasteiger partial charge in [-0.3, -0.25) is 0 Å². The Labute approximate surface area is 328 Å². The summed E-state index contributed by atoms with van der Waals surface area (Å²) in [4.78, 5) is 59.1. The van der Waals surface area contributed by atoms with Gasteiger partial charge in [0.15, 0.2) is 0 Å². The quantitative estimate of drug-likeness (QED) is 0.228. The van der Waals surface area contributed by atoms with E-state index in [-0.39, 0.29) is 26.4 Å². The van der Waals surface area contributed by atoms with Crippen molar-refractivity contribution in [3.63, 3.8) is 0 Å². The van der Waals surface area contributed by atoms with Crippen molar-refractivity contribution in [3.8, 4) is 0 Å². The maximum Gasteiger partial charge on any atom is 0.340 e. The first-order chi connectivity index (χ1) is 27.3.